The first kappa shape index (κ1) is 13.2. The molecule has 0 amide bonds. The van der Waals surface area contributed by atoms with Crippen molar-refractivity contribution in [3.05, 3.63) is 34.9 Å². The third-order valence-electron chi connectivity index (χ3n) is 4.10. The third kappa shape index (κ3) is 3.03. The number of fused-ring (bicyclic) bond motifs is 1. The van der Waals surface area contributed by atoms with Crippen molar-refractivity contribution in [1.82, 2.24) is 9.88 Å². The van der Waals surface area contributed by atoms with Crippen LogP contribution in [0.1, 0.15) is 32.1 Å². The fourth-order valence-electron chi connectivity index (χ4n) is 3.07. The minimum Gasteiger partial charge on any atom is -0.346 e. The molecule has 19 heavy (non-hydrogen) atoms. The van der Waals surface area contributed by atoms with E-state index in [1.807, 2.05) is 0 Å². The number of halogens is 1. The monoisotopic (exact) mass is 320 g/mol. The number of rotatable bonds is 5. The van der Waals surface area contributed by atoms with Gasteiger partial charge in [0.2, 0.25) is 0 Å². The number of hydrogen-bond donors (Lipinski definition) is 1. The van der Waals surface area contributed by atoms with Gasteiger partial charge in [0.25, 0.3) is 0 Å². The molecule has 2 aromatic rings. The van der Waals surface area contributed by atoms with Gasteiger partial charge in [-0.15, -0.1) is 0 Å². The minimum absolute atomic E-state index is 0.785. The summed E-state index contributed by atoms with van der Waals surface area (Å²) >= 11 is 3.64. The molecule has 1 heterocycles. The molecule has 0 saturated heterocycles. The van der Waals surface area contributed by atoms with Crippen molar-refractivity contribution in [2.24, 2.45) is 0 Å². The topological polar surface area (TPSA) is 17.0 Å². The van der Waals surface area contributed by atoms with Crippen molar-refractivity contribution >= 4 is 26.8 Å². The van der Waals surface area contributed by atoms with E-state index >= 15 is 0 Å². The Labute approximate surface area is 123 Å². The Hall–Kier alpha value is -0.800. The van der Waals surface area contributed by atoms with Gasteiger partial charge in [0.15, 0.2) is 0 Å². The summed E-state index contributed by atoms with van der Waals surface area (Å²) in [6.45, 7) is 2.22. The molecule has 0 unspecified atom stereocenters. The van der Waals surface area contributed by atoms with E-state index in [1.54, 1.807) is 0 Å². The van der Waals surface area contributed by atoms with E-state index < -0.39 is 0 Å². The van der Waals surface area contributed by atoms with Crippen LogP contribution in [0.25, 0.3) is 10.9 Å². The molecule has 1 aromatic carbocycles. The van der Waals surface area contributed by atoms with E-state index in [0.29, 0.717) is 0 Å². The summed E-state index contributed by atoms with van der Waals surface area (Å²) in [5.74, 6) is 0. The van der Waals surface area contributed by atoms with Crippen molar-refractivity contribution in [1.29, 1.82) is 0 Å². The predicted molar refractivity (Wildman–Crippen MR) is 84.5 cm³/mol. The van der Waals surface area contributed by atoms with Crippen molar-refractivity contribution in [2.75, 3.05) is 6.54 Å². The molecular weight excluding hydrogens is 300 g/mol. The lowest BCUT2D eigenvalue weighted by Gasteiger charge is -2.12. The Balaban J connectivity index is 1.56. The predicted octanol–water partition coefficient (Wildman–Crippen LogP) is 4.33. The first-order chi connectivity index (χ1) is 9.34. The molecule has 1 aromatic heterocycles. The highest BCUT2D eigenvalue weighted by Crippen LogP contribution is 2.26. The fraction of sp³-hybridized carbons (Fsp3) is 0.500. The minimum atomic E-state index is 0.785. The first-order valence-corrected chi connectivity index (χ1v) is 8.10. The van der Waals surface area contributed by atoms with E-state index in [2.05, 4.69) is 56.3 Å². The van der Waals surface area contributed by atoms with E-state index in [-0.39, 0.29) is 0 Å². The number of nitrogens with zero attached hydrogens (tertiary/aromatic N) is 1. The number of para-hydroxylation sites is 1. The second kappa shape index (κ2) is 6.10. The smallest absolute Gasteiger partial charge is 0.0492 e. The number of nitrogens with one attached hydrogen (secondary N) is 1. The molecule has 1 aliphatic rings. The lowest BCUT2D eigenvalue weighted by Crippen LogP contribution is -2.27. The highest BCUT2D eigenvalue weighted by Gasteiger charge is 2.13. The first-order valence-electron chi connectivity index (χ1n) is 7.31. The van der Waals surface area contributed by atoms with Crippen LogP contribution >= 0.6 is 15.9 Å². The van der Waals surface area contributed by atoms with E-state index in [0.717, 1.165) is 19.1 Å². The van der Waals surface area contributed by atoms with Crippen LogP contribution in [-0.4, -0.2) is 17.2 Å². The fourth-order valence-corrected chi connectivity index (χ4v) is 3.65. The van der Waals surface area contributed by atoms with Crippen molar-refractivity contribution in [2.45, 2.75) is 44.7 Å². The maximum atomic E-state index is 3.68. The summed E-state index contributed by atoms with van der Waals surface area (Å²) in [6.07, 6.45) is 8.97. The van der Waals surface area contributed by atoms with Gasteiger partial charge < -0.3 is 9.88 Å². The van der Waals surface area contributed by atoms with Crippen LogP contribution in [0.5, 0.6) is 0 Å². The Morgan fingerprint density at radius 3 is 2.84 bits per heavy atom. The summed E-state index contributed by atoms with van der Waals surface area (Å²) in [7, 11) is 0. The summed E-state index contributed by atoms with van der Waals surface area (Å²) in [5.41, 5.74) is 1.33. The molecule has 0 spiro atoms. The van der Waals surface area contributed by atoms with Gasteiger partial charge in [-0.05, 0) is 47.8 Å². The molecule has 0 aliphatic heterocycles. The van der Waals surface area contributed by atoms with Gasteiger partial charge >= 0.3 is 0 Å². The summed E-state index contributed by atoms with van der Waals surface area (Å²) < 4.78 is 3.56. The Kier molecular flexibility index (Phi) is 4.24. The van der Waals surface area contributed by atoms with Crippen LogP contribution in [-0.2, 0) is 6.54 Å². The van der Waals surface area contributed by atoms with Crippen LogP contribution in [0.2, 0.25) is 0 Å². The average Bonchev–Trinajstić information content (AvgIpc) is 3.04. The Morgan fingerprint density at radius 2 is 2.00 bits per heavy atom. The maximum absolute atomic E-state index is 3.68. The number of aryl methyl sites for hydroxylation is 1. The molecule has 0 atom stereocenters. The molecule has 0 bridgehead atoms. The molecule has 1 fully saturated rings. The quantitative estimate of drug-likeness (QED) is 0.811. The molecule has 1 N–H and O–H groups in total. The SMILES string of the molecule is Brc1cn(CCCNC2CCCC2)c2ccccc12. The molecule has 3 rings (SSSR count). The standard InChI is InChI=1S/C16H21BrN2/c17-15-12-19(16-9-4-3-8-14(15)16)11-5-10-18-13-6-1-2-7-13/h3-4,8-9,12-13,18H,1-2,5-7,10-11H2. The van der Waals surface area contributed by atoms with Crippen molar-refractivity contribution in [3.63, 3.8) is 0 Å². The highest BCUT2D eigenvalue weighted by atomic mass is 79.9. The normalized spacial score (nSPS) is 16.5. The number of hydrogen-bond acceptors (Lipinski definition) is 1. The lowest BCUT2D eigenvalue weighted by atomic mass is 10.2. The number of aromatic nitrogens is 1. The van der Waals surface area contributed by atoms with Gasteiger partial charge in [0, 0.05) is 34.2 Å². The largest absolute Gasteiger partial charge is 0.346 e. The lowest BCUT2D eigenvalue weighted by molar-refractivity contribution is 0.498. The Bertz CT molecular complexity index is 541. The van der Waals surface area contributed by atoms with Gasteiger partial charge in [0.05, 0.1) is 0 Å². The zero-order chi connectivity index (χ0) is 13.1. The second-order valence-corrected chi connectivity index (χ2v) is 6.33. The van der Waals surface area contributed by atoms with Crippen LogP contribution < -0.4 is 5.32 Å². The molecular formula is C16H21BrN2. The van der Waals surface area contributed by atoms with Crippen molar-refractivity contribution in [3.8, 4) is 0 Å². The zero-order valence-electron chi connectivity index (χ0n) is 11.2. The van der Waals surface area contributed by atoms with Crippen molar-refractivity contribution < 1.29 is 0 Å². The second-order valence-electron chi connectivity index (χ2n) is 5.48. The molecule has 102 valence electrons. The molecule has 0 radical (unpaired) electrons. The van der Waals surface area contributed by atoms with Gasteiger partial charge in [-0.2, -0.15) is 0 Å². The number of benzene rings is 1. The zero-order valence-corrected chi connectivity index (χ0v) is 12.8. The summed E-state index contributed by atoms with van der Waals surface area (Å²) in [4.78, 5) is 0. The van der Waals surface area contributed by atoms with Gasteiger partial charge in [-0.1, -0.05) is 31.0 Å². The van der Waals surface area contributed by atoms with Crippen LogP contribution in [0, 0.1) is 0 Å². The van der Waals surface area contributed by atoms with Gasteiger partial charge in [0.1, 0.15) is 0 Å². The molecule has 3 heteroatoms. The highest BCUT2D eigenvalue weighted by molar-refractivity contribution is 9.10. The Morgan fingerprint density at radius 1 is 1.21 bits per heavy atom. The van der Waals surface area contributed by atoms with E-state index in [4.69, 9.17) is 0 Å². The molecule has 1 saturated carbocycles. The van der Waals surface area contributed by atoms with E-state index in [1.165, 1.54) is 47.5 Å². The van der Waals surface area contributed by atoms with Crippen LogP contribution in [0.4, 0.5) is 0 Å². The summed E-state index contributed by atoms with van der Waals surface area (Å²) in [5, 5.41) is 4.99. The molecule has 1 aliphatic carbocycles. The van der Waals surface area contributed by atoms with Crippen LogP contribution in [0.3, 0.4) is 0 Å². The average molecular weight is 321 g/mol. The maximum Gasteiger partial charge on any atom is 0.0492 e. The summed E-state index contributed by atoms with van der Waals surface area (Å²) in [6, 6.07) is 9.37. The van der Waals surface area contributed by atoms with E-state index in [9.17, 15) is 0 Å². The van der Waals surface area contributed by atoms with Gasteiger partial charge in [-0.25, -0.2) is 0 Å². The van der Waals surface area contributed by atoms with Gasteiger partial charge in [-0.3, -0.25) is 0 Å². The van der Waals surface area contributed by atoms with Crippen LogP contribution in [0.15, 0.2) is 34.9 Å². The molecule has 2 nitrogen and oxygen atoms in total. The third-order valence-corrected chi connectivity index (χ3v) is 4.74.